The standard InChI is InChI=1S/C16H25NO2/c1-5-8-17-15-10-13(11(15)2)14-9-12(18-3)6-7-16(14)19-4/h6-7,9,11,13,15,17H,5,8,10H2,1-4H3. The second-order valence-electron chi connectivity index (χ2n) is 5.37. The van der Waals surface area contributed by atoms with Crippen molar-refractivity contribution in [1.29, 1.82) is 0 Å². The molecule has 19 heavy (non-hydrogen) atoms. The molecule has 0 heterocycles. The third-order valence-electron chi connectivity index (χ3n) is 4.27. The molecule has 3 heteroatoms. The van der Waals surface area contributed by atoms with Gasteiger partial charge in [0.15, 0.2) is 0 Å². The van der Waals surface area contributed by atoms with E-state index in [9.17, 15) is 0 Å². The molecule has 0 amide bonds. The van der Waals surface area contributed by atoms with Crippen molar-refractivity contribution >= 4 is 0 Å². The summed E-state index contributed by atoms with van der Waals surface area (Å²) in [7, 11) is 3.45. The Balaban J connectivity index is 2.10. The van der Waals surface area contributed by atoms with Crippen LogP contribution >= 0.6 is 0 Å². The second kappa shape index (κ2) is 6.29. The zero-order valence-electron chi connectivity index (χ0n) is 12.4. The van der Waals surface area contributed by atoms with Gasteiger partial charge in [0.25, 0.3) is 0 Å². The van der Waals surface area contributed by atoms with Crippen molar-refractivity contribution < 1.29 is 9.47 Å². The number of hydrogen-bond acceptors (Lipinski definition) is 3. The van der Waals surface area contributed by atoms with Gasteiger partial charge in [0.05, 0.1) is 14.2 Å². The van der Waals surface area contributed by atoms with Crippen LogP contribution in [0.1, 0.15) is 38.2 Å². The summed E-state index contributed by atoms with van der Waals surface area (Å²) < 4.78 is 10.8. The molecular formula is C16H25NO2. The normalized spacial score (nSPS) is 25.8. The van der Waals surface area contributed by atoms with Crippen LogP contribution in [-0.2, 0) is 0 Å². The maximum atomic E-state index is 5.49. The summed E-state index contributed by atoms with van der Waals surface area (Å²) in [6.45, 7) is 5.64. The number of nitrogens with one attached hydrogen (secondary N) is 1. The van der Waals surface area contributed by atoms with Gasteiger partial charge in [-0.2, -0.15) is 0 Å². The van der Waals surface area contributed by atoms with Crippen molar-refractivity contribution in [2.24, 2.45) is 5.92 Å². The summed E-state index contributed by atoms with van der Waals surface area (Å²) in [5.74, 6) is 3.10. The van der Waals surface area contributed by atoms with Crippen molar-refractivity contribution in [1.82, 2.24) is 5.32 Å². The average Bonchev–Trinajstić information content (AvgIpc) is 2.45. The van der Waals surface area contributed by atoms with Gasteiger partial charge in [0, 0.05) is 11.6 Å². The van der Waals surface area contributed by atoms with Crippen LogP contribution in [0, 0.1) is 5.92 Å². The predicted octanol–water partition coefficient (Wildman–Crippen LogP) is 3.20. The van der Waals surface area contributed by atoms with Gasteiger partial charge in [-0.1, -0.05) is 13.8 Å². The van der Waals surface area contributed by atoms with E-state index in [1.54, 1.807) is 14.2 Å². The molecule has 3 unspecified atom stereocenters. The van der Waals surface area contributed by atoms with E-state index in [1.165, 1.54) is 18.4 Å². The molecule has 1 saturated carbocycles. The van der Waals surface area contributed by atoms with Gasteiger partial charge in [0.1, 0.15) is 11.5 Å². The topological polar surface area (TPSA) is 30.5 Å². The van der Waals surface area contributed by atoms with Crippen LogP contribution in [0.3, 0.4) is 0 Å². The van der Waals surface area contributed by atoms with Crippen LogP contribution in [0.4, 0.5) is 0 Å². The van der Waals surface area contributed by atoms with Gasteiger partial charge in [-0.15, -0.1) is 0 Å². The van der Waals surface area contributed by atoms with Crippen LogP contribution in [0.5, 0.6) is 11.5 Å². The molecule has 1 fully saturated rings. The lowest BCUT2D eigenvalue weighted by atomic mass is 9.67. The van der Waals surface area contributed by atoms with Crippen LogP contribution in [0.25, 0.3) is 0 Å². The minimum atomic E-state index is 0.569. The van der Waals surface area contributed by atoms with Crippen LogP contribution in [-0.4, -0.2) is 26.8 Å². The lowest BCUT2D eigenvalue weighted by Crippen LogP contribution is -2.48. The van der Waals surface area contributed by atoms with E-state index in [0.29, 0.717) is 17.9 Å². The van der Waals surface area contributed by atoms with Crippen LogP contribution in [0.2, 0.25) is 0 Å². The molecule has 0 spiro atoms. The SMILES string of the molecule is CCCNC1CC(c2cc(OC)ccc2OC)C1C. The number of methoxy groups -OCH3 is 2. The second-order valence-corrected chi connectivity index (χ2v) is 5.37. The summed E-state index contributed by atoms with van der Waals surface area (Å²) in [6, 6.07) is 6.73. The fourth-order valence-electron chi connectivity index (χ4n) is 2.93. The number of hydrogen-bond donors (Lipinski definition) is 1. The molecule has 1 aromatic rings. The fourth-order valence-corrected chi connectivity index (χ4v) is 2.93. The molecule has 2 rings (SSSR count). The van der Waals surface area contributed by atoms with E-state index in [4.69, 9.17) is 9.47 Å². The predicted molar refractivity (Wildman–Crippen MR) is 78.1 cm³/mol. The highest BCUT2D eigenvalue weighted by atomic mass is 16.5. The zero-order chi connectivity index (χ0) is 13.8. The third kappa shape index (κ3) is 2.86. The Morgan fingerprint density at radius 3 is 2.63 bits per heavy atom. The first kappa shape index (κ1) is 14.2. The summed E-state index contributed by atoms with van der Waals surface area (Å²) in [5, 5.41) is 3.61. The van der Waals surface area contributed by atoms with Gasteiger partial charge < -0.3 is 14.8 Å². The lowest BCUT2D eigenvalue weighted by Gasteiger charge is -2.44. The number of ether oxygens (including phenoxy) is 2. The molecule has 0 radical (unpaired) electrons. The highest BCUT2D eigenvalue weighted by Crippen LogP contribution is 2.46. The lowest BCUT2D eigenvalue weighted by molar-refractivity contribution is 0.181. The molecule has 0 bridgehead atoms. The molecule has 0 aromatic heterocycles. The molecule has 1 aliphatic rings. The number of rotatable bonds is 6. The average molecular weight is 263 g/mol. The van der Waals surface area contributed by atoms with Gasteiger partial charge in [0.2, 0.25) is 0 Å². The van der Waals surface area contributed by atoms with E-state index < -0.39 is 0 Å². The molecular weight excluding hydrogens is 238 g/mol. The van der Waals surface area contributed by atoms with Crippen molar-refractivity contribution in [2.45, 2.75) is 38.6 Å². The van der Waals surface area contributed by atoms with Crippen LogP contribution < -0.4 is 14.8 Å². The Kier molecular flexibility index (Phi) is 4.70. The van der Waals surface area contributed by atoms with Gasteiger partial charge in [-0.3, -0.25) is 0 Å². The first-order valence-electron chi connectivity index (χ1n) is 7.16. The molecule has 0 saturated heterocycles. The van der Waals surface area contributed by atoms with Crippen molar-refractivity contribution in [3.05, 3.63) is 23.8 Å². The fraction of sp³-hybridized carbons (Fsp3) is 0.625. The Bertz CT molecular complexity index is 419. The minimum absolute atomic E-state index is 0.569. The van der Waals surface area contributed by atoms with E-state index in [1.807, 2.05) is 12.1 Å². The monoisotopic (exact) mass is 263 g/mol. The summed E-state index contributed by atoms with van der Waals surface area (Å²) >= 11 is 0. The smallest absolute Gasteiger partial charge is 0.122 e. The Morgan fingerprint density at radius 2 is 2.05 bits per heavy atom. The molecule has 0 aliphatic heterocycles. The van der Waals surface area contributed by atoms with E-state index in [0.717, 1.165) is 18.0 Å². The highest BCUT2D eigenvalue weighted by molar-refractivity contribution is 5.44. The largest absolute Gasteiger partial charge is 0.497 e. The zero-order valence-corrected chi connectivity index (χ0v) is 12.4. The maximum Gasteiger partial charge on any atom is 0.122 e. The van der Waals surface area contributed by atoms with Gasteiger partial charge in [-0.25, -0.2) is 0 Å². The van der Waals surface area contributed by atoms with Gasteiger partial charge >= 0.3 is 0 Å². The molecule has 3 atom stereocenters. The maximum absolute atomic E-state index is 5.49. The molecule has 106 valence electrons. The van der Waals surface area contributed by atoms with Crippen LogP contribution in [0.15, 0.2) is 18.2 Å². The first-order valence-corrected chi connectivity index (χ1v) is 7.16. The summed E-state index contributed by atoms with van der Waals surface area (Å²) in [4.78, 5) is 0. The van der Waals surface area contributed by atoms with Crippen molar-refractivity contribution in [2.75, 3.05) is 20.8 Å². The highest BCUT2D eigenvalue weighted by Gasteiger charge is 2.39. The molecule has 1 aliphatic carbocycles. The molecule has 1 aromatic carbocycles. The van der Waals surface area contributed by atoms with Crippen molar-refractivity contribution in [3.63, 3.8) is 0 Å². The quantitative estimate of drug-likeness (QED) is 0.855. The summed E-state index contributed by atoms with van der Waals surface area (Å²) in [6.07, 6.45) is 2.38. The Labute approximate surface area is 116 Å². The molecule has 3 nitrogen and oxygen atoms in total. The van der Waals surface area contributed by atoms with E-state index >= 15 is 0 Å². The summed E-state index contributed by atoms with van der Waals surface area (Å²) in [5.41, 5.74) is 1.28. The van der Waals surface area contributed by atoms with E-state index in [2.05, 4.69) is 25.2 Å². The van der Waals surface area contributed by atoms with E-state index in [-0.39, 0.29) is 0 Å². The minimum Gasteiger partial charge on any atom is -0.497 e. The van der Waals surface area contributed by atoms with Crippen molar-refractivity contribution in [3.8, 4) is 11.5 Å². The number of benzene rings is 1. The third-order valence-corrected chi connectivity index (χ3v) is 4.27. The molecule has 1 N–H and O–H groups in total. The Morgan fingerprint density at radius 1 is 1.26 bits per heavy atom. The Hall–Kier alpha value is -1.22. The van der Waals surface area contributed by atoms with Gasteiger partial charge in [-0.05, 0) is 49.4 Å². The first-order chi connectivity index (χ1) is 9.21.